The molecule has 27 heavy (non-hydrogen) atoms. The highest BCUT2D eigenvalue weighted by Crippen LogP contribution is 2.60. The number of pyridine rings is 1. The summed E-state index contributed by atoms with van der Waals surface area (Å²) in [4.78, 5) is 30.5. The number of amides is 2. The molecule has 1 heterocycles. The molecule has 2 amide bonds. The van der Waals surface area contributed by atoms with Crippen LogP contribution in [0.15, 0.2) is 18.2 Å². The zero-order valence-electron chi connectivity index (χ0n) is 16.6. The standard InChI is InChI=1S/C22H31N3O2/c1-13(2)19(20(26)24-18-6-4-5-14(3)23-18)25-21(27)22-10-15-7-16(11-22)9-17(8-15)12-22/h4-6,13,15-17,19H,7-12H2,1-3H3,(H,25,27)(H,23,24,26)/t15?,16?,17?,19-,22?/m0/s1. The van der Waals surface area contributed by atoms with Gasteiger partial charge in [0.2, 0.25) is 11.8 Å². The summed E-state index contributed by atoms with van der Waals surface area (Å²) in [6.45, 7) is 5.85. The van der Waals surface area contributed by atoms with Crippen LogP contribution in [0.2, 0.25) is 0 Å². The fraction of sp³-hybridized carbons (Fsp3) is 0.682. The van der Waals surface area contributed by atoms with E-state index in [0.717, 1.165) is 25.0 Å². The van der Waals surface area contributed by atoms with Crippen molar-refractivity contribution in [3.63, 3.8) is 0 Å². The minimum Gasteiger partial charge on any atom is -0.344 e. The molecule has 5 heteroatoms. The van der Waals surface area contributed by atoms with E-state index < -0.39 is 6.04 Å². The lowest BCUT2D eigenvalue weighted by molar-refractivity contribution is -0.148. The second-order valence-corrected chi connectivity index (χ2v) is 9.55. The van der Waals surface area contributed by atoms with Crippen molar-refractivity contribution in [2.45, 2.75) is 65.3 Å². The van der Waals surface area contributed by atoms with Crippen LogP contribution < -0.4 is 10.6 Å². The van der Waals surface area contributed by atoms with E-state index in [1.165, 1.54) is 19.3 Å². The summed E-state index contributed by atoms with van der Waals surface area (Å²) >= 11 is 0. The van der Waals surface area contributed by atoms with Crippen LogP contribution in [0.25, 0.3) is 0 Å². The van der Waals surface area contributed by atoms with Gasteiger partial charge in [-0.25, -0.2) is 4.98 Å². The monoisotopic (exact) mass is 369 g/mol. The van der Waals surface area contributed by atoms with Gasteiger partial charge in [-0.3, -0.25) is 9.59 Å². The third kappa shape index (κ3) is 3.61. The minimum absolute atomic E-state index is 0.0210. The molecule has 0 saturated heterocycles. The average molecular weight is 370 g/mol. The molecule has 4 aliphatic rings. The summed E-state index contributed by atoms with van der Waals surface area (Å²) in [5.74, 6) is 2.62. The number of carbonyl (C=O) groups is 2. The number of nitrogens with one attached hydrogen (secondary N) is 2. The first kappa shape index (κ1) is 18.5. The molecule has 2 N–H and O–H groups in total. The molecule has 4 saturated carbocycles. The Bertz CT molecular complexity index is 708. The van der Waals surface area contributed by atoms with E-state index in [0.29, 0.717) is 23.6 Å². The molecule has 146 valence electrons. The van der Waals surface area contributed by atoms with Crippen LogP contribution in [-0.2, 0) is 9.59 Å². The van der Waals surface area contributed by atoms with Gasteiger partial charge in [-0.15, -0.1) is 0 Å². The molecule has 4 bridgehead atoms. The molecule has 0 unspecified atom stereocenters. The van der Waals surface area contributed by atoms with Crippen LogP contribution in [0.5, 0.6) is 0 Å². The molecule has 5 nitrogen and oxygen atoms in total. The van der Waals surface area contributed by atoms with Gasteiger partial charge in [0, 0.05) is 11.1 Å². The summed E-state index contributed by atoms with van der Waals surface area (Å²) in [5, 5.41) is 6.01. The highest BCUT2D eigenvalue weighted by atomic mass is 16.2. The summed E-state index contributed by atoms with van der Waals surface area (Å²) in [5.41, 5.74) is 0.621. The Labute approximate surface area is 161 Å². The van der Waals surface area contributed by atoms with Gasteiger partial charge >= 0.3 is 0 Å². The number of anilines is 1. The Morgan fingerprint density at radius 2 is 1.67 bits per heavy atom. The smallest absolute Gasteiger partial charge is 0.248 e. The lowest BCUT2D eigenvalue weighted by atomic mass is 9.49. The van der Waals surface area contributed by atoms with Crippen molar-refractivity contribution in [3.05, 3.63) is 23.9 Å². The van der Waals surface area contributed by atoms with Gasteiger partial charge in [0.25, 0.3) is 0 Å². The molecule has 5 rings (SSSR count). The maximum Gasteiger partial charge on any atom is 0.248 e. The van der Waals surface area contributed by atoms with Crippen molar-refractivity contribution in [1.29, 1.82) is 0 Å². The van der Waals surface area contributed by atoms with Crippen molar-refractivity contribution in [2.24, 2.45) is 29.1 Å². The predicted octanol–water partition coefficient (Wildman–Crippen LogP) is 3.69. The lowest BCUT2D eigenvalue weighted by Gasteiger charge is -2.55. The molecule has 1 atom stereocenters. The number of hydrogen-bond acceptors (Lipinski definition) is 3. The molecular weight excluding hydrogens is 338 g/mol. The number of hydrogen-bond donors (Lipinski definition) is 2. The van der Waals surface area contributed by atoms with E-state index in [1.807, 2.05) is 32.9 Å². The largest absolute Gasteiger partial charge is 0.344 e. The van der Waals surface area contributed by atoms with E-state index in [-0.39, 0.29) is 23.1 Å². The maximum atomic E-state index is 13.3. The van der Waals surface area contributed by atoms with E-state index in [2.05, 4.69) is 15.6 Å². The first-order chi connectivity index (χ1) is 12.8. The van der Waals surface area contributed by atoms with Gasteiger partial charge in [0.05, 0.1) is 0 Å². The van der Waals surface area contributed by atoms with Crippen LogP contribution >= 0.6 is 0 Å². The van der Waals surface area contributed by atoms with E-state index in [4.69, 9.17) is 0 Å². The zero-order chi connectivity index (χ0) is 19.2. The van der Waals surface area contributed by atoms with E-state index >= 15 is 0 Å². The molecule has 0 radical (unpaired) electrons. The average Bonchev–Trinajstić information content (AvgIpc) is 2.57. The molecule has 4 fully saturated rings. The molecule has 0 spiro atoms. The Morgan fingerprint density at radius 3 is 2.19 bits per heavy atom. The topological polar surface area (TPSA) is 71.1 Å². The molecule has 4 aliphatic carbocycles. The summed E-state index contributed by atoms with van der Waals surface area (Å²) in [7, 11) is 0. The van der Waals surface area contributed by atoms with E-state index in [1.54, 1.807) is 6.07 Å². The normalized spacial score (nSPS) is 32.4. The number of carbonyl (C=O) groups excluding carboxylic acids is 2. The number of aryl methyl sites for hydroxylation is 1. The van der Waals surface area contributed by atoms with Gasteiger partial charge in [0.1, 0.15) is 11.9 Å². The number of nitrogens with zero attached hydrogens (tertiary/aromatic N) is 1. The van der Waals surface area contributed by atoms with Crippen molar-refractivity contribution < 1.29 is 9.59 Å². The van der Waals surface area contributed by atoms with E-state index in [9.17, 15) is 9.59 Å². The summed E-state index contributed by atoms with van der Waals surface area (Å²) < 4.78 is 0. The first-order valence-corrected chi connectivity index (χ1v) is 10.4. The van der Waals surface area contributed by atoms with Crippen LogP contribution in [-0.4, -0.2) is 22.8 Å². The Morgan fingerprint density at radius 1 is 1.07 bits per heavy atom. The van der Waals surface area contributed by atoms with Crippen LogP contribution in [0.1, 0.15) is 58.1 Å². The fourth-order valence-corrected chi connectivity index (χ4v) is 6.03. The third-order valence-corrected chi connectivity index (χ3v) is 6.90. The maximum absolute atomic E-state index is 13.3. The first-order valence-electron chi connectivity index (χ1n) is 10.4. The van der Waals surface area contributed by atoms with Gasteiger partial charge in [0.15, 0.2) is 0 Å². The molecule has 1 aromatic rings. The van der Waals surface area contributed by atoms with Gasteiger partial charge in [-0.05, 0) is 81.3 Å². The van der Waals surface area contributed by atoms with Gasteiger partial charge in [-0.2, -0.15) is 0 Å². The minimum atomic E-state index is -0.534. The SMILES string of the molecule is Cc1cccc(NC(=O)[C@@H](NC(=O)C23CC4CC(CC(C4)C2)C3)C(C)C)n1. The highest BCUT2D eigenvalue weighted by Gasteiger charge is 2.55. The molecule has 0 aromatic carbocycles. The fourth-order valence-electron chi connectivity index (χ4n) is 6.03. The molecule has 0 aliphatic heterocycles. The van der Waals surface area contributed by atoms with Crippen molar-refractivity contribution >= 4 is 17.6 Å². The predicted molar refractivity (Wildman–Crippen MR) is 105 cm³/mol. The highest BCUT2D eigenvalue weighted by molar-refractivity contribution is 5.97. The van der Waals surface area contributed by atoms with Crippen molar-refractivity contribution in [1.82, 2.24) is 10.3 Å². The van der Waals surface area contributed by atoms with Crippen LogP contribution in [0, 0.1) is 36.0 Å². The quantitative estimate of drug-likeness (QED) is 0.831. The van der Waals surface area contributed by atoms with Gasteiger partial charge in [-0.1, -0.05) is 19.9 Å². The van der Waals surface area contributed by atoms with Gasteiger partial charge < -0.3 is 10.6 Å². The Hall–Kier alpha value is -1.91. The Kier molecular flexibility index (Phi) is 4.73. The third-order valence-electron chi connectivity index (χ3n) is 6.90. The van der Waals surface area contributed by atoms with Crippen LogP contribution in [0.3, 0.4) is 0 Å². The van der Waals surface area contributed by atoms with Crippen LogP contribution in [0.4, 0.5) is 5.82 Å². The molecular formula is C22H31N3O2. The molecule has 1 aromatic heterocycles. The van der Waals surface area contributed by atoms with Crippen molar-refractivity contribution in [3.8, 4) is 0 Å². The summed E-state index contributed by atoms with van der Waals surface area (Å²) in [6, 6.07) is 5.01. The van der Waals surface area contributed by atoms with Crippen molar-refractivity contribution in [2.75, 3.05) is 5.32 Å². The second-order valence-electron chi connectivity index (χ2n) is 9.55. The zero-order valence-corrected chi connectivity index (χ0v) is 16.6. The number of rotatable bonds is 5. The number of aromatic nitrogens is 1. The second kappa shape index (κ2) is 6.92. The Balaban J connectivity index is 1.46. The lowest BCUT2D eigenvalue weighted by Crippen LogP contribution is -2.57. The summed E-state index contributed by atoms with van der Waals surface area (Å²) in [6.07, 6.45) is 6.95.